The first kappa shape index (κ1) is 12.7. The van der Waals surface area contributed by atoms with Gasteiger partial charge in [0.05, 0.1) is 5.56 Å². The Labute approximate surface area is 107 Å². The highest BCUT2D eigenvalue weighted by Crippen LogP contribution is 2.29. The normalized spacial score (nSPS) is 24.6. The van der Waals surface area contributed by atoms with E-state index in [1.807, 2.05) is 13.0 Å². The van der Waals surface area contributed by atoms with E-state index in [0.29, 0.717) is 11.8 Å². The Hall–Kier alpha value is -1.78. The summed E-state index contributed by atoms with van der Waals surface area (Å²) in [5, 5.41) is 12.0. The molecule has 0 aromatic carbocycles. The molecule has 0 aliphatic carbocycles. The van der Waals surface area contributed by atoms with Crippen molar-refractivity contribution in [1.82, 2.24) is 4.98 Å². The molecule has 1 aromatic rings. The maximum Gasteiger partial charge on any atom is 0.174 e. The summed E-state index contributed by atoms with van der Waals surface area (Å²) >= 11 is 0. The maximum absolute atomic E-state index is 8.90. The Morgan fingerprint density at radius 3 is 2.61 bits per heavy atom. The van der Waals surface area contributed by atoms with Gasteiger partial charge in [0, 0.05) is 19.3 Å². The fourth-order valence-corrected chi connectivity index (χ4v) is 2.45. The molecule has 3 N–H and O–H groups in total. The number of aryl methyl sites for hydroxylation is 1. The lowest BCUT2D eigenvalue weighted by molar-refractivity contribution is 0.318. The molecule has 5 nitrogen and oxygen atoms in total. The average Bonchev–Trinajstić information content (AvgIpc) is 2.68. The second-order valence-corrected chi connectivity index (χ2v) is 5.17. The van der Waals surface area contributed by atoms with E-state index < -0.39 is 0 Å². The van der Waals surface area contributed by atoms with Gasteiger partial charge in [-0.1, -0.05) is 19.0 Å². The summed E-state index contributed by atoms with van der Waals surface area (Å²) in [4.78, 5) is 6.63. The lowest BCUT2D eigenvalue weighted by Crippen LogP contribution is -2.26. The van der Waals surface area contributed by atoms with Crippen molar-refractivity contribution in [3.8, 4) is 0 Å². The maximum atomic E-state index is 8.90. The first-order chi connectivity index (χ1) is 8.54. The average molecular weight is 248 g/mol. The minimum Gasteiger partial charge on any atom is -0.409 e. The molecule has 2 rings (SSSR count). The number of rotatable bonds is 2. The Morgan fingerprint density at radius 1 is 1.44 bits per heavy atom. The molecule has 0 amide bonds. The molecule has 18 heavy (non-hydrogen) atoms. The number of amidine groups is 1. The van der Waals surface area contributed by atoms with Crippen molar-refractivity contribution < 1.29 is 5.21 Å². The number of oxime groups is 1. The van der Waals surface area contributed by atoms with Crippen molar-refractivity contribution in [1.29, 1.82) is 0 Å². The minimum absolute atomic E-state index is 0.128. The van der Waals surface area contributed by atoms with Gasteiger partial charge in [0.1, 0.15) is 5.82 Å². The highest BCUT2D eigenvalue weighted by Gasteiger charge is 2.29. The molecule has 1 aliphatic rings. The number of hydrogen-bond donors (Lipinski definition) is 2. The summed E-state index contributed by atoms with van der Waals surface area (Å²) in [6.45, 7) is 8.35. The SMILES string of the molecule is Cc1ccnc(N2CC(C)C(C)C2)c1/C(N)=N/O. The molecule has 98 valence electrons. The van der Waals surface area contributed by atoms with Crippen molar-refractivity contribution in [2.45, 2.75) is 20.8 Å². The van der Waals surface area contributed by atoms with Crippen molar-refractivity contribution in [2.24, 2.45) is 22.7 Å². The summed E-state index contributed by atoms with van der Waals surface area (Å²) in [5.74, 6) is 2.21. The molecule has 1 aliphatic heterocycles. The van der Waals surface area contributed by atoms with Gasteiger partial charge in [-0.2, -0.15) is 0 Å². The van der Waals surface area contributed by atoms with E-state index in [9.17, 15) is 0 Å². The second-order valence-electron chi connectivity index (χ2n) is 5.17. The van der Waals surface area contributed by atoms with Crippen LogP contribution in [0.2, 0.25) is 0 Å². The van der Waals surface area contributed by atoms with Crippen molar-refractivity contribution in [3.63, 3.8) is 0 Å². The van der Waals surface area contributed by atoms with Crippen LogP contribution < -0.4 is 10.6 Å². The van der Waals surface area contributed by atoms with Crippen LogP contribution in [0.25, 0.3) is 0 Å². The fourth-order valence-electron chi connectivity index (χ4n) is 2.45. The lowest BCUT2D eigenvalue weighted by Gasteiger charge is -2.21. The van der Waals surface area contributed by atoms with Gasteiger partial charge in [-0.3, -0.25) is 0 Å². The number of anilines is 1. The van der Waals surface area contributed by atoms with Gasteiger partial charge >= 0.3 is 0 Å². The molecule has 0 radical (unpaired) electrons. The summed E-state index contributed by atoms with van der Waals surface area (Å²) in [5.41, 5.74) is 7.48. The molecule has 0 spiro atoms. The zero-order chi connectivity index (χ0) is 13.3. The number of nitrogens with two attached hydrogens (primary N) is 1. The quantitative estimate of drug-likeness (QED) is 0.360. The molecular weight excluding hydrogens is 228 g/mol. The minimum atomic E-state index is 0.128. The summed E-state index contributed by atoms with van der Waals surface area (Å²) in [7, 11) is 0. The van der Waals surface area contributed by atoms with E-state index >= 15 is 0 Å². The highest BCUT2D eigenvalue weighted by molar-refractivity contribution is 6.02. The zero-order valence-electron chi connectivity index (χ0n) is 11.1. The molecule has 2 unspecified atom stereocenters. The Kier molecular flexibility index (Phi) is 3.41. The zero-order valence-corrected chi connectivity index (χ0v) is 11.1. The first-order valence-electron chi connectivity index (χ1n) is 6.23. The molecule has 1 aromatic heterocycles. The predicted octanol–water partition coefficient (Wildman–Crippen LogP) is 1.58. The van der Waals surface area contributed by atoms with Crippen LogP contribution in [0.5, 0.6) is 0 Å². The molecule has 5 heteroatoms. The van der Waals surface area contributed by atoms with Gasteiger partial charge < -0.3 is 15.8 Å². The Balaban J connectivity index is 2.42. The molecule has 2 heterocycles. The van der Waals surface area contributed by atoms with Crippen molar-refractivity contribution in [3.05, 3.63) is 23.4 Å². The van der Waals surface area contributed by atoms with E-state index in [1.54, 1.807) is 6.20 Å². The van der Waals surface area contributed by atoms with E-state index in [4.69, 9.17) is 10.9 Å². The van der Waals surface area contributed by atoms with Gasteiger partial charge in [0.2, 0.25) is 0 Å². The van der Waals surface area contributed by atoms with Crippen LogP contribution in [0.4, 0.5) is 5.82 Å². The summed E-state index contributed by atoms with van der Waals surface area (Å²) < 4.78 is 0. The molecular formula is C13H20N4O. The molecule has 1 fully saturated rings. The number of nitrogens with zero attached hydrogens (tertiary/aromatic N) is 3. The molecule has 0 bridgehead atoms. The fraction of sp³-hybridized carbons (Fsp3) is 0.538. The third-order valence-corrected chi connectivity index (χ3v) is 3.79. The number of pyridine rings is 1. The Bertz CT molecular complexity index is 462. The van der Waals surface area contributed by atoms with Gasteiger partial charge in [-0.05, 0) is 30.4 Å². The summed E-state index contributed by atoms with van der Waals surface area (Å²) in [6, 6.07) is 1.87. The highest BCUT2D eigenvalue weighted by atomic mass is 16.4. The Morgan fingerprint density at radius 2 is 2.06 bits per heavy atom. The molecule has 2 atom stereocenters. The van der Waals surface area contributed by atoms with Crippen LogP contribution in [-0.4, -0.2) is 29.1 Å². The number of hydrogen-bond acceptors (Lipinski definition) is 4. The topological polar surface area (TPSA) is 74.7 Å². The van der Waals surface area contributed by atoms with Gasteiger partial charge in [0.15, 0.2) is 5.84 Å². The smallest absolute Gasteiger partial charge is 0.174 e. The second kappa shape index (κ2) is 4.84. The first-order valence-corrected chi connectivity index (χ1v) is 6.23. The van der Waals surface area contributed by atoms with E-state index in [-0.39, 0.29) is 5.84 Å². The van der Waals surface area contributed by atoms with E-state index in [0.717, 1.165) is 30.0 Å². The van der Waals surface area contributed by atoms with Crippen LogP contribution in [0, 0.1) is 18.8 Å². The van der Waals surface area contributed by atoms with Crippen LogP contribution in [0.1, 0.15) is 25.0 Å². The molecule has 0 saturated carbocycles. The monoisotopic (exact) mass is 248 g/mol. The van der Waals surface area contributed by atoms with Crippen LogP contribution >= 0.6 is 0 Å². The summed E-state index contributed by atoms with van der Waals surface area (Å²) in [6.07, 6.45) is 1.77. The number of aromatic nitrogens is 1. The predicted molar refractivity (Wildman–Crippen MR) is 72.0 cm³/mol. The largest absolute Gasteiger partial charge is 0.409 e. The van der Waals surface area contributed by atoms with Crippen molar-refractivity contribution in [2.75, 3.05) is 18.0 Å². The van der Waals surface area contributed by atoms with Crippen LogP contribution in [0.15, 0.2) is 17.4 Å². The standard InChI is InChI=1S/C13H20N4O/c1-8-4-5-15-13(11(8)12(14)16-18)17-6-9(2)10(3)7-17/h4-5,9-10,18H,6-7H2,1-3H3,(H2,14,16). The van der Waals surface area contributed by atoms with Crippen molar-refractivity contribution >= 4 is 11.7 Å². The van der Waals surface area contributed by atoms with Crippen LogP contribution in [-0.2, 0) is 0 Å². The lowest BCUT2D eigenvalue weighted by atomic mass is 10.0. The van der Waals surface area contributed by atoms with Gasteiger partial charge in [0.25, 0.3) is 0 Å². The third-order valence-electron chi connectivity index (χ3n) is 3.79. The third kappa shape index (κ3) is 2.12. The van der Waals surface area contributed by atoms with Crippen LogP contribution in [0.3, 0.4) is 0 Å². The van der Waals surface area contributed by atoms with E-state index in [2.05, 4.69) is 28.9 Å². The van der Waals surface area contributed by atoms with E-state index in [1.165, 1.54) is 0 Å². The molecule has 1 saturated heterocycles. The van der Waals surface area contributed by atoms with Gasteiger partial charge in [-0.15, -0.1) is 0 Å². The van der Waals surface area contributed by atoms with Gasteiger partial charge in [-0.25, -0.2) is 4.98 Å².